The summed E-state index contributed by atoms with van der Waals surface area (Å²) < 4.78 is 11.5. The number of hydrogen-bond donors (Lipinski definition) is 3. The van der Waals surface area contributed by atoms with Crippen LogP contribution in [-0.4, -0.2) is 30.6 Å². The minimum Gasteiger partial charge on any atom is -0.490 e. The molecule has 0 aliphatic heterocycles. The van der Waals surface area contributed by atoms with Crippen LogP contribution >= 0.6 is 11.6 Å². The maximum atomic E-state index is 12.3. The number of fused-ring (bicyclic) bond motifs is 1. The van der Waals surface area contributed by atoms with Crippen molar-refractivity contribution in [1.29, 1.82) is 0 Å². The molecule has 6 nitrogen and oxygen atoms in total. The average molecular weight is 492 g/mol. The second kappa shape index (κ2) is 11.8. The first kappa shape index (κ1) is 24.6. The summed E-state index contributed by atoms with van der Waals surface area (Å²) in [4.78, 5) is 15.7. The van der Waals surface area contributed by atoms with Gasteiger partial charge in [0.05, 0.1) is 11.6 Å². The van der Waals surface area contributed by atoms with Crippen LogP contribution in [0.5, 0.6) is 11.5 Å². The lowest BCUT2D eigenvalue weighted by atomic mass is 10.1. The number of H-pyrrole nitrogens is 1. The first-order valence-electron chi connectivity index (χ1n) is 11.7. The van der Waals surface area contributed by atoms with Gasteiger partial charge in [-0.15, -0.1) is 0 Å². The van der Waals surface area contributed by atoms with Crippen molar-refractivity contribution in [1.82, 2.24) is 10.3 Å². The third kappa shape index (κ3) is 6.56. The molecule has 182 valence electrons. The lowest BCUT2D eigenvalue weighted by Gasteiger charge is -2.15. The number of amides is 1. The second-order valence-electron chi connectivity index (χ2n) is 8.33. The molecule has 0 aliphatic rings. The van der Waals surface area contributed by atoms with Crippen molar-refractivity contribution in [3.8, 4) is 11.5 Å². The Morgan fingerprint density at radius 3 is 2.66 bits per heavy atom. The van der Waals surface area contributed by atoms with Crippen LogP contribution < -0.4 is 20.1 Å². The van der Waals surface area contributed by atoms with Crippen LogP contribution in [0.2, 0.25) is 5.02 Å². The monoisotopic (exact) mass is 491 g/mol. The number of halogens is 1. The average Bonchev–Trinajstić information content (AvgIpc) is 3.26. The molecule has 4 rings (SSSR count). The number of rotatable bonds is 11. The summed E-state index contributed by atoms with van der Waals surface area (Å²) in [6, 6.07) is 19.6. The number of aromatic amines is 1. The molecule has 3 N–H and O–H groups in total. The number of nitrogens with one attached hydrogen (secondary N) is 3. The van der Waals surface area contributed by atoms with Crippen LogP contribution in [0, 0.1) is 6.92 Å². The van der Waals surface area contributed by atoms with Gasteiger partial charge in [-0.1, -0.05) is 47.5 Å². The fourth-order valence-corrected chi connectivity index (χ4v) is 4.18. The van der Waals surface area contributed by atoms with Crippen LogP contribution in [0.4, 0.5) is 5.69 Å². The molecule has 1 aromatic heterocycles. The van der Waals surface area contributed by atoms with E-state index < -0.39 is 0 Å². The Morgan fingerprint density at radius 2 is 1.86 bits per heavy atom. The highest BCUT2D eigenvalue weighted by Crippen LogP contribution is 2.36. The van der Waals surface area contributed by atoms with Crippen molar-refractivity contribution in [2.24, 2.45) is 0 Å². The molecule has 1 amide bonds. The summed E-state index contributed by atoms with van der Waals surface area (Å²) in [5.74, 6) is 0.627. The Bertz CT molecular complexity index is 1280. The Hall–Kier alpha value is -3.48. The van der Waals surface area contributed by atoms with Crippen LogP contribution in [0.25, 0.3) is 10.9 Å². The summed E-state index contributed by atoms with van der Waals surface area (Å²) in [5.41, 5.74) is 5.26. The first-order valence-corrected chi connectivity index (χ1v) is 12.1. The van der Waals surface area contributed by atoms with E-state index in [0.717, 1.165) is 35.3 Å². The Morgan fingerprint density at radius 1 is 1.06 bits per heavy atom. The number of ether oxygens (including phenoxy) is 2. The van der Waals surface area contributed by atoms with Crippen molar-refractivity contribution in [2.75, 3.05) is 25.1 Å². The van der Waals surface area contributed by atoms with Gasteiger partial charge in [-0.2, -0.15) is 0 Å². The molecule has 1 heterocycles. The molecule has 7 heteroatoms. The molecule has 0 spiro atoms. The molecule has 0 aliphatic carbocycles. The van der Waals surface area contributed by atoms with Crippen molar-refractivity contribution >= 4 is 34.1 Å². The predicted octanol–water partition coefficient (Wildman–Crippen LogP) is 5.88. The lowest BCUT2D eigenvalue weighted by Crippen LogP contribution is -2.20. The second-order valence-corrected chi connectivity index (χ2v) is 8.73. The molecule has 0 bridgehead atoms. The number of benzene rings is 3. The molecule has 3 aromatic carbocycles. The van der Waals surface area contributed by atoms with E-state index in [9.17, 15) is 4.79 Å². The van der Waals surface area contributed by atoms with Gasteiger partial charge in [0.25, 0.3) is 5.91 Å². The van der Waals surface area contributed by atoms with Crippen molar-refractivity contribution in [3.63, 3.8) is 0 Å². The predicted molar refractivity (Wildman–Crippen MR) is 142 cm³/mol. The molecule has 0 unspecified atom stereocenters. The van der Waals surface area contributed by atoms with Gasteiger partial charge in [-0.25, -0.2) is 0 Å². The van der Waals surface area contributed by atoms with E-state index in [4.69, 9.17) is 21.1 Å². The maximum absolute atomic E-state index is 12.3. The third-order valence-corrected chi connectivity index (χ3v) is 5.91. The molecule has 0 saturated heterocycles. The van der Waals surface area contributed by atoms with E-state index >= 15 is 0 Å². The van der Waals surface area contributed by atoms with Gasteiger partial charge in [0.15, 0.2) is 18.1 Å². The van der Waals surface area contributed by atoms with Gasteiger partial charge in [0.1, 0.15) is 0 Å². The van der Waals surface area contributed by atoms with E-state index in [1.54, 1.807) is 0 Å². The van der Waals surface area contributed by atoms with Gasteiger partial charge < -0.3 is 25.1 Å². The zero-order valence-corrected chi connectivity index (χ0v) is 20.7. The Kier molecular flexibility index (Phi) is 8.29. The van der Waals surface area contributed by atoms with Gasteiger partial charge in [0.2, 0.25) is 0 Å². The lowest BCUT2D eigenvalue weighted by molar-refractivity contribution is -0.118. The highest BCUT2D eigenvalue weighted by molar-refractivity contribution is 6.32. The van der Waals surface area contributed by atoms with Gasteiger partial charge in [-0.3, -0.25) is 4.79 Å². The number of aryl methyl sites for hydroxylation is 1. The van der Waals surface area contributed by atoms with Gasteiger partial charge >= 0.3 is 0 Å². The van der Waals surface area contributed by atoms with Crippen LogP contribution in [0.1, 0.15) is 23.6 Å². The molecule has 35 heavy (non-hydrogen) atoms. The Balaban J connectivity index is 1.33. The fourth-order valence-electron chi connectivity index (χ4n) is 3.89. The summed E-state index contributed by atoms with van der Waals surface area (Å²) in [6.45, 7) is 5.63. The highest BCUT2D eigenvalue weighted by atomic mass is 35.5. The summed E-state index contributed by atoms with van der Waals surface area (Å²) in [5, 5.41) is 7.95. The number of aromatic nitrogens is 1. The van der Waals surface area contributed by atoms with E-state index in [1.165, 1.54) is 10.9 Å². The molecule has 0 radical (unpaired) electrons. The molecule has 0 saturated carbocycles. The third-order valence-electron chi connectivity index (χ3n) is 5.63. The molecule has 4 aromatic rings. The summed E-state index contributed by atoms with van der Waals surface area (Å²) in [7, 11) is 0. The minimum atomic E-state index is -0.268. The van der Waals surface area contributed by atoms with Crippen LogP contribution in [-0.2, 0) is 17.8 Å². The molecule has 0 fully saturated rings. The maximum Gasteiger partial charge on any atom is 0.262 e. The van der Waals surface area contributed by atoms with Crippen molar-refractivity contribution in [2.45, 2.75) is 26.8 Å². The normalized spacial score (nSPS) is 10.9. The van der Waals surface area contributed by atoms with Crippen LogP contribution in [0.3, 0.4) is 0 Å². The highest BCUT2D eigenvalue weighted by Gasteiger charge is 2.15. The topological polar surface area (TPSA) is 75.4 Å². The number of para-hydroxylation sites is 1. The van der Waals surface area contributed by atoms with E-state index in [-0.39, 0.29) is 12.5 Å². The Labute approximate surface area is 210 Å². The number of anilines is 1. The van der Waals surface area contributed by atoms with Gasteiger partial charge in [0, 0.05) is 29.3 Å². The molecular formula is C28H30ClN3O3. The summed E-state index contributed by atoms with van der Waals surface area (Å²) >= 11 is 6.52. The summed E-state index contributed by atoms with van der Waals surface area (Å²) in [6.07, 6.45) is 2.98. The zero-order valence-electron chi connectivity index (χ0n) is 20.0. The molecular weight excluding hydrogens is 462 g/mol. The van der Waals surface area contributed by atoms with E-state index in [0.29, 0.717) is 29.7 Å². The van der Waals surface area contributed by atoms with Gasteiger partial charge in [-0.05, 0) is 68.3 Å². The number of hydrogen-bond acceptors (Lipinski definition) is 4. The van der Waals surface area contributed by atoms with Crippen molar-refractivity contribution < 1.29 is 14.3 Å². The standard InChI is InChI=1S/C28H30ClN3O3/c1-3-34-26-15-20(16-30-13-12-21-17-31-25-7-5-4-6-23(21)25)14-24(29)28(26)35-18-27(33)32-22-10-8-19(2)9-11-22/h4-11,14-15,17,30-31H,3,12-13,16,18H2,1-2H3,(H,32,33). The minimum absolute atomic E-state index is 0.171. The van der Waals surface area contributed by atoms with E-state index in [2.05, 4.69) is 40.0 Å². The smallest absolute Gasteiger partial charge is 0.262 e. The number of carbonyl (C=O) groups is 1. The molecule has 0 atom stereocenters. The number of carbonyl (C=O) groups excluding carboxylic acids is 1. The SMILES string of the molecule is CCOc1cc(CNCCc2c[nH]c3ccccc23)cc(Cl)c1OCC(=O)Nc1ccc(C)cc1. The largest absolute Gasteiger partial charge is 0.490 e. The van der Waals surface area contributed by atoms with Crippen molar-refractivity contribution in [3.05, 3.63) is 88.6 Å². The van der Waals surface area contributed by atoms with Crippen LogP contribution in [0.15, 0.2) is 66.9 Å². The van der Waals surface area contributed by atoms with E-state index in [1.807, 2.05) is 56.3 Å². The zero-order chi connectivity index (χ0) is 24.6. The quantitative estimate of drug-likeness (QED) is 0.229. The fraction of sp³-hybridized carbons (Fsp3) is 0.250. The first-order chi connectivity index (χ1) is 17.0.